The van der Waals surface area contributed by atoms with Crippen LogP contribution in [-0.2, 0) is 47.9 Å². The number of aliphatic hydroxyl groups is 4. The van der Waals surface area contributed by atoms with Crippen molar-refractivity contribution in [2.75, 3.05) is 44.8 Å². The molecule has 7 aromatic rings. The van der Waals surface area contributed by atoms with Gasteiger partial charge in [-0.25, -0.2) is 0 Å². The minimum Gasteiger partial charge on any atom is -0.507 e. The first-order chi connectivity index (χ1) is 44.4. The third-order valence-electron chi connectivity index (χ3n) is 21.8. The normalized spacial score (nSPS) is 29.4. The van der Waals surface area contributed by atoms with E-state index in [0.717, 1.165) is 119 Å². The number of benzene rings is 6. The zero-order chi connectivity index (χ0) is 63.0. The van der Waals surface area contributed by atoms with E-state index in [1.54, 1.807) is 62.4 Å². The number of aromatic hydroxyl groups is 2. The van der Waals surface area contributed by atoms with Gasteiger partial charge in [0.05, 0.1) is 42.1 Å². The molecule has 4 aliphatic carbocycles. The number of phenolic OH excluding ortho intramolecular Hbond substituents is 2. The zero-order valence-corrected chi connectivity index (χ0v) is 55.5. The Morgan fingerprint density at radius 3 is 2.42 bits per heavy atom. The molecule has 3 fully saturated rings. The fraction of sp³-hybridized carbons (Fsp3) is 0.453. The number of hydrogen-bond acceptors (Lipinski definition) is 15. The number of H-pyrrole nitrogens is 1. The van der Waals surface area contributed by atoms with E-state index >= 15 is 4.79 Å². The molecule has 1 aromatic heterocycles. The van der Waals surface area contributed by atoms with Crippen molar-refractivity contribution in [3.8, 4) is 28.7 Å². The Labute approximate surface area is 550 Å². The van der Waals surface area contributed by atoms with Crippen LogP contribution >= 0.6 is 43.2 Å². The van der Waals surface area contributed by atoms with Gasteiger partial charge in [-0.3, -0.25) is 4.79 Å². The van der Waals surface area contributed by atoms with E-state index in [1.165, 1.54) is 5.56 Å². The van der Waals surface area contributed by atoms with E-state index in [1.807, 2.05) is 55.8 Å². The van der Waals surface area contributed by atoms with Crippen molar-refractivity contribution >= 4 is 65.8 Å². The summed E-state index contributed by atoms with van der Waals surface area (Å²) in [6.45, 7) is 1.42. The van der Waals surface area contributed by atoms with Gasteiger partial charge in [-0.2, -0.15) is 0 Å². The number of fused-ring (bicyclic) bond motifs is 8. The summed E-state index contributed by atoms with van der Waals surface area (Å²) >= 11 is 0. The fourth-order valence-corrected chi connectivity index (χ4v) is 23.0. The number of nitrogens with one attached hydrogen (secondary N) is 2. The number of phenols is 2. The highest BCUT2D eigenvalue weighted by atomic mass is 33.1. The lowest BCUT2D eigenvalue weighted by molar-refractivity contribution is -0.150. The summed E-state index contributed by atoms with van der Waals surface area (Å²) in [6.07, 6.45) is 15.0. The lowest BCUT2D eigenvalue weighted by atomic mass is 9.51. The number of carbonyl (C=O) groups is 1. The fourth-order valence-electron chi connectivity index (χ4n) is 17.3. The number of methoxy groups -OCH3 is 1. The van der Waals surface area contributed by atoms with Crippen molar-refractivity contribution in [2.45, 2.75) is 131 Å². The quantitative estimate of drug-likeness (QED) is 0.0425. The Hall–Kier alpha value is -5.53. The molecule has 2 aliphatic heterocycles. The summed E-state index contributed by atoms with van der Waals surface area (Å²) in [6, 6.07) is 36.5. The van der Waals surface area contributed by atoms with E-state index < -0.39 is 58.9 Å². The Balaban J connectivity index is 1.03. The molecule has 12 nitrogen and oxygen atoms in total. The van der Waals surface area contributed by atoms with E-state index in [-0.39, 0.29) is 54.2 Å². The molecule has 480 valence electrons. The first kappa shape index (κ1) is 64.2. The third-order valence-corrected chi connectivity index (χ3v) is 27.1. The summed E-state index contributed by atoms with van der Waals surface area (Å²) in [5.74, 6) is 0.00600. The molecule has 13 atom stereocenters. The number of aryl methyl sites for hydroxylation is 1. The number of ether oxygens (including phenoxy) is 3. The average molecular weight is 1300 g/mol. The summed E-state index contributed by atoms with van der Waals surface area (Å²) in [7, 11) is 10.2. The van der Waals surface area contributed by atoms with E-state index in [2.05, 4.69) is 90.0 Å². The molecule has 6 aromatic carbocycles. The number of carbonyl (C=O) groups excluding carboxylic acids is 1. The summed E-state index contributed by atoms with van der Waals surface area (Å²) in [4.78, 5) is 21.3. The zero-order valence-electron chi connectivity index (χ0n) is 52.2. The highest BCUT2D eigenvalue weighted by Gasteiger charge is 2.62. The second-order valence-electron chi connectivity index (χ2n) is 26.3. The molecule has 13 rings (SSSR count). The molecule has 0 radical (unpaired) electrons. The summed E-state index contributed by atoms with van der Waals surface area (Å²) in [5.41, 5.74) is 7.43. The van der Waals surface area contributed by atoms with Gasteiger partial charge in [0.15, 0.2) is 35.6 Å². The van der Waals surface area contributed by atoms with Gasteiger partial charge in [0.25, 0.3) is 0 Å². The molecular weight excluding hydrogens is 1220 g/mol. The van der Waals surface area contributed by atoms with Crippen LogP contribution in [0.15, 0.2) is 128 Å². The second-order valence-corrected chi connectivity index (χ2v) is 31.5. The van der Waals surface area contributed by atoms with Crippen LogP contribution < -0.4 is 19.5 Å². The van der Waals surface area contributed by atoms with Gasteiger partial charge in [0, 0.05) is 70.9 Å². The van der Waals surface area contributed by atoms with Crippen molar-refractivity contribution < 1.29 is 49.6 Å². The van der Waals surface area contributed by atoms with Crippen molar-refractivity contribution in [2.24, 2.45) is 35.5 Å². The molecule has 0 amide bonds. The van der Waals surface area contributed by atoms with Crippen molar-refractivity contribution in [1.29, 1.82) is 0 Å². The highest BCUT2D eigenvalue weighted by Crippen LogP contribution is 2.60. The van der Waals surface area contributed by atoms with Crippen molar-refractivity contribution in [1.82, 2.24) is 10.3 Å². The van der Waals surface area contributed by atoms with Crippen LogP contribution in [0.2, 0.25) is 0 Å². The molecule has 8 N–H and O–H groups in total. The number of ketones is 1. The Morgan fingerprint density at radius 1 is 0.802 bits per heavy atom. The first-order valence-electron chi connectivity index (χ1n) is 32.8. The van der Waals surface area contributed by atoms with Gasteiger partial charge >= 0.3 is 0 Å². The summed E-state index contributed by atoms with van der Waals surface area (Å²) in [5, 5.41) is 80.6. The molecule has 3 saturated carbocycles. The van der Waals surface area contributed by atoms with Crippen LogP contribution in [0.25, 0.3) is 16.8 Å². The lowest BCUT2D eigenvalue weighted by Crippen LogP contribution is -2.63. The van der Waals surface area contributed by atoms with Crippen LogP contribution in [0, 0.1) is 35.5 Å². The van der Waals surface area contributed by atoms with Gasteiger partial charge in [0.1, 0.15) is 11.9 Å². The topological polar surface area (TPSA) is 194 Å². The molecule has 91 heavy (non-hydrogen) atoms. The smallest absolute Gasteiger partial charge is 0.186 e. The molecular formula is C75H86N2O10S4. The first-order valence-corrected chi connectivity index (χ1v) is 37.7. The average Bonchev–Trinajstić information content (AvgIpc) is 0.827. The predicted molar refractivity (Wildman–Crippen MR) is 370 cm³/mol. The lowest BCUT2D eigenvalue weighted by Gasteiger charge is -2.54. The SMILES string of the molecule is CCc1ccc2cccc3c2c1Cc1c(ccc(O)c1OC)C[C@@H](Cc1cc[nH]c1)[C@H](O)[C@@H]1C(=O)[C@@](c2cc(O)c4c(c2)[C@]2(NC)CCC[C@@H](Cc5ccccc5)[C@H]2C=C4)([C@H]2CSSC[C@H]4CCCC[C@@H]4Oc4cc2ccc4OCO)[C@H](O)C[C@H]1CSS[C@H]3CO. The maximum atomic E-state index is 18.0. The van der Waals surface area contributed by atoms with E-state index in [9.17, 15) is 30.6 Å². The minimum atomic E-state index is -1.79. The van der Waals surface area contributed by atoms with Crippen LogP contribution in [0.3, 0.4) is 0 Å². The Kier molecular flexibility index (Phi) is 19.6. The minimum absolute atomic E-state index is 0.00211. The maximum absolute atomic E-state index is 18.0. The summed E-state index contributed by atoms with van der Waals surface area (Å²) < 4.78 is 19.2. The molecule has 3 heterocycles. The van der Waals surface area contributed by atoms with Crippen LogP contribution in [0.5, 0.6) is 28.7 Å². The van der Waals surface area contributed by atoms with Gasteiger partial charge in [-0.05, 0) is 180 Å². The van der Waals surface area contributed by atoms with Gasteiger partial charge in [-0.15, -0.1) is 0 Å². The predicted octanol–water partition coefficient (Wildman–Crippen LogP) is 14.0. The molecule has 6 aliphatic rings. The molecule has 2 bridgehead atoms. The number of aromatic nitrogens is 1. The molecule has 0 unspecified atom stereocenters. The highest BCUT2D eigenvalue weighted by molar-refractivity contribution is 8.77. The Morgan fingerprint density at radius 2 is 1.63 bits per heavy atom. The van der Waals surface area contributed by atoms with E-state index in [0.29, 0.717) is 59.1 Å². The largest absolute Gasteiger partial charge is 0.507 e. The number of rotatable bonds is 12. The van der Waals surface area contributed by atoms with Crippen LogP contribution in [-0.4, -0.2) is 105 Å². The third kappa shape index (κ3) is 12.0. The maximum Gasteiger partial charge on any atom is 0.186 e. The number of aromatic amines is 1. The van der Waals surface area contributed by atoms with Crippen molar-refractivity contribution in [3.05, 3.63) is 189 Å². The number of hydrogen-bond donors (Lipinski definition) is 8. The van der Waals surface area contributed by atoms with Gasteiger partial charge in [-0.1, -0.05) is 154 Å². The Bertz CT molecular complexity index is 3750. The monoisotopic (exact) mass is 1300 g/mol. The second kappa shape index (κ2) is 27.8. The molecule has 0 saturated heterocycles. The van der Waals surface area contributed by atoms with Crippen molar-refractivity contribution in [3.63, 3.8) is 0 Å². The van der Waals surface area contributed by atoms with Gasteiger partial charge in [0.2, 0.25) is 0 Å². The molecule has 0 spiro atoms. The van der Waals surface area contributed by atoms with Gasteiger partial charge < -0.3 is 55.2 Å². The number of aliphatic hydroxyl groups excluding tert-OH is 4. The standard InChI is InChI=1S/C75H86N2O10S4/c1-4-46-19-20-47-15-10-17-56-67(39-78)91-90-41-53-34-68(82)75(61-42-89-88-40-51-14-8-9-18-64(51)87-66-33-50(61)22-26-65(66)86-43-79,54-35-60-55(63(81)36-54)23-24-59-49(16-11-28-74(59,60)76-2)30-44-12-6-5-7-13-44)73(84)70(53)71(83)52(31-45-27-29-77-38-45)32-48-21-25-62(80)72(85-3)58(48)37-57(46)69(47)56/h5-7,10,12-13,15,17,19-27,29,33,35-36,38,49,51-53,59,61,64,67-68,70-71,76-83H,4,8-9,11,14,16,18,28,30-32,34,37,39-43H2,1-3H3/t49-,51+,52+,53-,59+,61-,64-,67-,68+,70+,71-,74-,75-/m0/s1. The number of Topliss-reactive ketones (excluding diaryl/α,β-unsaturated/α-hetero) is 1. The van der Waals surface area contributed by atoms with E-state index in [4.69, 9.17) is 14.2 Å². The molecule has 16 heteroatoms. The van der Waals surface area contributed by atoms with Crippen LogP contribution in [0.1, 0.15) is 131 Å². The van der Waals surface area contributed by atoms with Crippen LogP contribution in [0.4, 0.5) is 0 Å².